The summed E-state index contributed by atoms with van der Waals surface area (Å²) in [4.78, 5) is 24.0. The van der Waals surface area contributed by atoms with Crippen molar-refractivity contribution in [2.45, 2.75) is 26.9 Å². The number of hydrogen-bond donors (Lipinski definition) is 2. The summed E-state index contributed by atoms with van der Waals surface area (Å²) < 4.78 is 24.3. The third-order valence-corrected chi connectivity index (χ3v) is 3.55. The smallest absolute Gasteiger partial charge is 0.279 e. The van der Waals surface area contributed by atoms with Crippen LogP contribution in [0.1, 0.15) is 29.8 Å². The predicted octanol–water partition coefficient (Wildman–Crippen LogP) is 2.76. The number of aryl methyl sites for hydroxylation is 1. The monoisotopic (exact) mass is 360 g/mol. The molecule has 26 heavy (non-hydrogen) atoms. The summed E-state index contributed by atoms with van der Waals surface area (Å²) in [7, 11) is 0. The van der Waals surface area contributed by atoms with Gasteiger partial charge in [0.15, 0.2) is 6.10 Å². The highest BCUT2D eigenvalue weighted by molar-refractivity contribution is 5.95. The highest BCUT2D eigenvalue weighted by atomic mass is 19.1. The lowest BCUT2D eigenvalue weighted by molar-refractivity contribution is -0.128. The van der Waals surface area contributed by atoms with E-state index in [0.29, 0.717) is 23.7 Å². The molecule has 0 unspecified atom stereocenters. The predicted molar refractivity (Wildman–Crippen MR) is 94.4 cm³/mol. The Morgan fingerprint density at radius 2 is 1.73 bits per heavy atom. The Labute approximate surface area is 151 Å². The second-order valence-corrected chi connectivity index (χ2v) is 5.57. The standard InChI is InChI=1S/C19H21FN2O4/c1-4-25-15-7-9-16(10-8-15)26-13(3)18(23)21-22-19(24)14-6-5-12(2)17(20)11-14/h5-11,13H,4H2,1-3H3,(H,21,23)(H,22,24)/t13-/m1/s1. The van der Waals surface area contributed by atoms with Crippen molar-refractivity contribution in [3.05, 3.63) is 59.4 Å². The molecule has 2 aromatic rings. The molecule has 0 saturated carbocycles. The Hall–Kier alpha value is -3.09. The van der Waals surface area contributed by atoms with E-state index in [9.17, 15) is 14.0 Å². The van der Waals surface area contributed by atoms with Crippen molar-refractivity contribution < 1.29 is 23.5 Å². The minimum Gasteiger partial charge on any atom is -0.494 e. The van der Waals surface area contributed by atoms with E-state index in [2.05, 4.69) is 10.9 Å². The van der Waals surface area contributed by atoms with Gasteiger partial charge in [0.2, 0.25) is 0 Å². The van der Waals surface area contributed by atoms with Gasteiger partial charge in [0.1, 0.15) is 17.3 Å². The van der Waals surface area contributed by atoms with Gasteiger partial charge in [-0.2, -0.15) is 0 Å². The Kier molecular flexibility index (Phi) is 6.54. The molecule has 1 atom stereocenters. The number of carbonyl (C=O) groups is 2. The molecule has 7 heteroatoms. The molecule has 0 spiro atoms. The average molecular weight is 360 g/mol. The van der Waals surface area contributed by atoms with Crippen molar-refractivity contribution in [1.29, 1.82) is 0 Å². The van der Waals surface area contributed by atoms with Crippen molar-refractivity contribution >= 4 is 11.8 Å². The quantitative estimate of drug-likeness (QED) is 0.777. The maximum Gasteiger partial charge on any atom is 0.279 e. The summed E-state index contributed by atoms with van der Waals surface area (Å²) in [5, 5.41) is 0. The number of halogens is 1. The maximum atomic E-state index is 13.5. The minimum absolute atomic E-state index is 0.105. The summed E-state index contributed by atoms with van der Waals surface area (Å²) in [6.45, 7) is 5.59. The first-order chi connectivity index (χ1) is 12.4. The molecular formula is C19H21FN2O4. The fraction of sp³-hybridized carbons (Fsp3) is 0.263. The Morgan fingerprint density at radius 3 is 2.35 bits per heavy atom. The molecule has 2 rings (SSSR count). The first-order valence-electron chi connectivity index (χ1n) is 8.16. The van der Waals surface area contributed by atoms with E-state index in [1.165, 1.54) is 12.1 Å². The van der Waals surface area contributed by atoms with Crippen molar-refractivity contribution in [2.75, 3.05) is 6.61 Å². The maximum absolute atomic E-state index is 13.5. The number of nitrogens with one attached hydrogen (secondary N) is 2. The van der Waals surface area contributed by atoms with Crippen LogP contribution >= 0.6 is 0 Å². The highest BCUT2D eigenvalue weighted by Gasteiger charge is 2.16. The zero-order chi connectivity index (χ0) is 19.1. The van der Waals surface area contributed by atoms with Gasteiger partial charge in [-0.15, -0.1) is 0 Å². The topological polar surface area (TPSA) is 76.7 Å². The van der Waals surface area contributed by atoms with Crippen LogP contribution in [0, 0.1) is 12.7 Å². The number of hydrogen-bond acceptors (Lipinski definition) is 4. The first kappa shape index (κ1) is 19.2. The second kappa shape index (κ2) is 8.84. The van der Waals surface area contributed by atoms with Gasteiger partial charge in [-0.1, -0.05) is 6.07 Å². The number of benzene rings is 2. The van der Waals surface area contributed by atoms with E-state index >= 15 is 0 Å². The Balaban J connectivity index is 1.86. The van der Waals surface area contributed by atoms with Gasteiger partial charge < -0.3 is 9.47 Å². The summed E-state index contributed by atoms with van der Waals surface area (Å²) in [6.07, 6.45) is -0.844. The van der Waals surface area contributed by atoms with Gasteiger partial charge in [-0.05, 0) is 62.7 Å². The Bertz CT molecular complexity index is 778. The van der Waals surface area contributed by atoms with Crippen LogP contribution in [-0.4, -0.2) is 24.5 Å². The van der Waals surface area contributed by atoms with E-state index in [1.807, 2.05) is 6.92 Å². The van der Waals surface area contributed by atoms with Gasteiger partial charge in [0, 0.05) is 5.56 Å². The van der Waals surface area contributed by atoms with E-state index in [4.69, 9.17) is 9.47 Å². The van der Waals surface area contributed by atoms with Crippen molar-refractivity contribution in [3.63, 3.8) is 0 Å². The number of hydrazine groups is 1. The van der Waals surface area contributed by atoms with E-state index in [1.54, 1.807) is 38.1 Å². The van der Waals surface area contributed by atoms with Gasteiger partial charge in [-0.25, -0.2) is 4.39 Å². The molecule has 0 radical (unpaired) electrons. The molecule has 2 amide bonds. The summed E-state index contributed by atoms with van der Waals surface area (Å²) in [5.74, 6) is -0.459. The van der Waals surface area contributed by atoms with Crippen LogP contribution in [0.15, 0.2) is 42.5 Å². The molecule has 0 heterocycles. The zero-order valence-corrected chi connectivity index (χ0v) is 14.8. The fourth-order valence-electron chi connectivity index (χ4n) is 2.07. The van der Waals surface area contributed by atoms with Crippen molar-refractivity contribution in [1.82, 2.24) is 10.9 Å². The molecule has 0 aliphatic heterocycles. The van der Waals surface area contributed by atoms with Crippen LogP contribution in [0.25, 0.3) is 0 Å². The molecule has 0 bridgehead atoms. The normalized spacial score (nSPS) is 11.4. The average Bonchev–Trinajstić information content (AvgIpc) is 2.63. The molecule has 138 valence electrons. The molecule has 6 nitrogen and oxygen atoms in total. The van der Waals surface area contributed by atoms with Gasteiger partial charge in [0.25, 0.3) is 11.8 Å². The van der Waals surface area contributed by atoms with Crippen LogP contribution in [0.2, 0.25) is 0 Å². The summed E-state index contributed by atoms with van der Waals surface area (Å²) in [5.41, 5.74) is 5.03. The van der Waals surface area contributed by atoms with Crippen LogP contribution in [0.3, 0.4) is 0 Å². The number of ether oxygens (including phenoxy) is 2. The lowest BCUT2D eigenvalue weighted by Crippen LogP contribution is -2.47. The molecule has 0 saturated heterocycles. The Morgan fingerprint density at radius 1 is 1.08 bits per heavy atom. The number of rotatable bonds is 6. The third-order valence-electron chi connectivity index (χ3n) is 3.55. The van der Waals surface area contributed by atoms with Crippen molar-refractivity contribution in [3.8, 4) is 11.5 Å². The van der Waals surface area contributed by atoms with Gasteiger partial charge in [-0.3, -0.25) is 20.4 Å². The largest absolute Gasteiger partial charge is 0.494 e. The van der Waals surface area contributed by atoms with Gasteiger partial charge in [0.05, 0.1) is 6.61 Å². The van der Waals surface area contributed by atoms with Crippen LogP contribution < -0.4 is 20.3 Å². The number of amides is 2. The number of carbonyl (C=O) groups excluding carboxylic acids is 2. The SMILES string of the molecule is CCOc1ccc(O[C@H](C)C(=O)NNC(=O)c2ccc(C)c(F)c2)cc1. The van der Waals surface area contributed by atoms with Gasteiger partial charge >= 0.3 is 0 Å². The highest BCUT2D eigenvalue weighted by Crippen LogP contribution is 2.18. The molecular weight excluding hydrogens is 339 g/mol. The lowest BCUT2D eigenvalue weighted by atomic mass is 10.1. The van der Waals surface area contributed by atoms with Crippen LogP contribution in [0.4, 0.5) is 4.39 Å². The molecule has 2 N–H and O–H groups in total. The minimum atomic E-state index is -0.844. The molecule has 0 aromatic heterocycles. The van der Waals surface area contributed by atoms with Crippen molar-refractivity contribution in [2.24, 2.45) is 0 Å². The summed E-state index contributed by atoms with van der Waals surface area (Å²) in [6, 6.07) is 10.9. The van der Waals surface area contributed by atoms with E-state index in [0.717, 1.165) is 6.07 Å². The van der Waals surface area contributed by atoms with E-state index < -0.39 is 23.7 Å². The lowest BCUT2D eigenvalue weighted by Gasteiger charge is -2.15. The second-order valence-electron chi connectivity index (χ2n) is 5.57. The fourth-order valence-corrected chi connectivity index (χ4v) is 2.07. The molecule has 2 aromatic carbocycles. The van der Waals surface area contributed by atoms with E-state index in [-0.39, 0.29) is 5.56 Å². The molecule has 0 fully saturated rings. The zero-order valence-electron chi connectivity index (χ0n) is 14.8. The summed E-state index contributed by atoms with van der Waals surface area (Å²) >= 11 is 0. The third kappa shape index (κ3) is 5.20. The van der Waals surface area contributed by atoms with Crippen LogP contribution in [-0.2, 0) is 4.79 Å². The first-order valence-corrected chi connectivity index (χ1v) is 8.16. The molecule has 0 aliphatic carbocycles. The van der Waals surface area contributed by atoms with Crippen LogP contribution in [0.5, 0.6) is 11.5 Å². The molecule has 0 aliphatic rings.